The van der Waals surface area contributed by atoms with Crippen LogP contribution in [0.3, 0.4) is 0 Å². The number of benzene rings is 3. The molecular formula is C34H22Cl3F5N2O6. The fourth-order valence-corrected chi connectivity index (χ4v) is 8.83. The lowest BCUT2D eigenvalue weighted by molar-refractivity contribution is -0.125. The summed E-state index contributed by atoms with van der Waals surface area (Å²) in [5.41, 5.74) is -1.32. The van der Waals surface area contributed by atoms with E-state index in [2.05, 4.69) is 0 Å². The summed E-state index contributed by atoms with van der Waals surface area (Å²) in [6, 6.07) is 9.70. The van der Waals surface area contributed by atoms with Crippen molar-refractivity contribution in [2.45, 2.75) is 35.4 Å². The quantitative estimate of drug-likeness (QED) is 0.0759. The Morgan fingerprint density at radius 3 is 2.08 bits per heavy atom. The number of ether oxygens (including phenoxy) is 1. The van der Waals surface area contributed by atoms with E-state index in [0.717, 1.165) is 4.90 Å². The topological polar surface area (TPSA) is 104 Å². The monoisotopic (exact) mass is 754 g/mol. The van der Waals surface area contributed by atoms with Gasteiger partial charge in [0.05, 0.1) is 24.1 Å². The number of aromatic hydroxyl groups is 1. The molecule has 0 unspecified atom stereocenters. The Labute approximate surface area is 294 Å². The Bertz CT molecular complexity index is 2050. The van der Waals surface area contributed by atoms with Crippen molar-refractivity contribution in [1.82, 2.24) is 0 Å². The van der Waals surface area contributed by atoms with Gasteiger partial charge in [-0.15, -0.1) is 23.2 Å². The highest BCUT2D eigenvalue weighted by Crippen LogP contribution is 2.66. The van der Waals surface area contributed by atoms with Gasteiger partial charge in [-0.05, 0) is 67.6 Å². The lowest BCUT2D eigenvalue weighted by Gasteiger charge is -2.50. The second-order valence-corrected chi connectivity index (χ2v) is 14.0. The second kappa shape index (κ2) is 11.7. The van der Waals surface area contributed by atoms with E-state index < -0.39 is 98.2 Å². The Morgan fingerprint density at radius 1 is 0.840 bits per heavy atom. The van der Waals surface area contributed by atoms with Crippen molar-refractivity contribution in [3.05, 3.63) is 93.8 Å². The third-order valence-electron chi connectivity index (χ3n) is 9.92. The normalized spacial score (nSPS) is 28.9. The second-order valence-electron chi connectivity index (χ2n) is 12.3. The molecule has 2 heterocycles. The fraction of sp³-hybridized carbons (Fsp3) is 0.294. The van der Waals surface area contributed by atoms with Gasteiger partial charge in [-0.1, -0.05) is 29.3 Å². The Hall–Kier alpha value is -4.20. The maximum absolute atomic E-state index is 15.2. The lowest BCUT2D eigenvalue weighted by Crippen LogP contribution is -2.60. The summed E-state index contributed by atoms with van der Waals surface area (Å²) >= 11 is 20.3. The molecule has 2 aliphatic heterocycles. The molecule has 3 aromatic rings. The zero-order valence-electron chi connectivity index (χ0n) is 25.5. The van der Waals surface area contributed by atoms with Gasteiger partial charge in [0.2, 0.25) is 17.6 Å². The average molecular weight is 756 g/mol. The molecule has 0 aromatic heterocycles. The van der Waals surface area contributed by atoms with Crippen LogP contribution in [-0.2, 0) is 19.2 Å². The molecule has 2 aliphatic carbocycles. The van der Waals surface area contributed by atoms with Gasteiger partial charge in [0.15, 0.2) is 44.5 Å². The summed E-state index contributed by atoms with van der Waals surface area (Å²) in [6.45, 7) is 1.69. The SMILES string of the molecule is CCOc1cc([C@H]2C3=CC[C@@H]4C(=O)N(c5ccc(Cl)cc5)C(=O)[C@@H]4[C@@H]3C[C@@]3(Cl)C(=O)N(c4c(F)c(F)c(F)c(F)c4F)C(=O)[C@@]23Cl)ccc1O. The van der Waals surface area contributed by atoms with Crippen LogP contribution in [0, 0.1) is 46.8 Å². The minimum absolute atomic E-state index is 0.0379. The van der Waals surface area contributed by atoms with Gasteiger partial charge >= 0.3 is 0 Å². The molecule has 4 amide bonds. The number of hydrogen-bond acceptors (Lipinski definition) is 6. The molecule has 1 N–H and O–H groups in total. The van der Waals surface area contributed by atoms with Crippen LogP contribution in [0.4, 0.5) is 33.3 Å². The van der Waals surface area contributed by atoms with Crippen LogP contribution >= 0.6 is 34.8 Å². The van der Waals surface area contributed by atoms with Crippen molar-refractivity contribution in [2.75, 3.05) is 16.4 Å². The lowest BCUT2D eigenvalue weighted by atomic mass is 9.56. The predicted octanol–water partition coefficient (Wildman–Crippen LogP) is 6.91. The summed E-state index contributed by atoms with van der Waals surface area (Å²) in [5, 5.41) is 10.8. The number of phenols is 1. The molecule has 0 spiro atoms. The van der Waals surface area contributed by atoms with E-state index in [1.807, 2.05) is 0 Å². The van der Waals surface area contributed by atoms with Crippen molar-refractivity contribution in [2.24, 2.45) is 17.8 Å². The first kappa shape index (κ1) is 34.3. The third kappa shape index (κ3) is 4.42. The number of alkyl halides is 2. The summed E-state index contributed by atoms with van der Waals surface area (Å²) in [7, 11) is 0. The maximum Gasteiger partial charge on any atom is 0.258 e. The number of rotatable bonds is 5. The molecule has 4 aliphatic rings. The first-order chi connectivity index (χ1) is 23.6. The highest BCUT2D eigenvalue weighted by Gasteiger charge is 2.77. The molecule has 16 heteroatoms. The van der Waals surface area contributed by atoms with Crippen LogP contribution in [0.2, 0.25) is 5.02 Å². The number of halogens is 8. The molecule has 0 radical (unpaired) electrons. The molecule has 8 nitrogen and oxygen atoms in total. The van der Waals surface area contributed by atoms with Crippen LogP contribution < -0.4 is 14.5 Å². The largest absolute Gasteiger partial charge is 0.504 e. The summed E-state index contributed by atoms with van der Waals surface area (Å²) < 4.78 is 78.8. The molecule has 6 atom stereocenters. The average Bonchev–Trinajstić information content (AvgIpc) is 3.42. The minimum atomic E-state index is -2.71. The van der Waals surface area contributed by atoms with E-state index in [-0.39, 0.29) is 46.3 Å². The molecule has 2 saturated heterocycles. The molecule has 260 valence electrons. The van der Waals surface area contributed by atoms with E-state index >= 15 is 8.78 Å². The molecule has 3 fully saturated rings. The number of carbonyl (C=O) groups excluding carboxylic acids is 4. The number of nitrogens with zero attached hydrogens (tertiary/aromatic N) is 2. The highest BCUT2D eigenvalue weighted by molar-refractivity contribution is 6.58. The smallest absolute Gasteiger partial charge is 0.258 e. The summed E-state index contributed by atoms with van der Waals surface area (Å²) in [4.78, 5) is 51.9. The minimum Gasteiger partial charge on any atom is -0.504 e. The third-order valence-corrected chi connectivity index (χ3v) is 11.6. The van der Waals surface area contributed by atoms with Gasteiger partial charge in [0.1, 0.15) is 5.69 Å². The van der Waals surface area contributed by atoms with Gasteiger partial charge in [-0.3, -0.25) is 24.1 Å². The molecule has 1 saturated carbocycles. The van der Waals surface area contributed by atoms with E-state index in [1.54, 1.807) is 13.0 Å². The molecule has 3 aromatic carbocycles. The zero-order chi connectivity index (χ0) is 36.2. The van der Waals surface area contributed by atoms with E-state index in [0.29, 0.717) is 5.02 Å². The van der Waals surface area contributed by atoms with E-state index in [1.165, 1.54) is 42.5 Å². The van der Waals surface area contributed by atoms with Crippen molar-refractivity contribution in [3.8, 4) is 11.5 Å². The number of hydrogen-bond donors (Lipinski definition) is 1. The summed E-state index contributed by atoms with van der Waals surface area (Å²) in [5.74, 6) is -21.9. The first-order valence-corrected chi connectivity index (χ1v) is 16.3. The van der Waals surface area contributed by atoms with E-state index in [4.69, 9.17) is 39.5 Å². The van der Waals surface area contributed by atoms with Crippen LogP contribution in [0.1, 0.15) is 31.2 Å². The zero-order valence-corrected chi connectivity index (χ0v) is 27.7. The van der Waals surface area contributed by atoms with Crippen molar-refractivity contribution in [1.29, 1.82) is 0 Å². The molecule has 50 heavy (non-hydrogen) atoms. The van der Waals surface area contributed by atoms with Gasteiger partial charge in [0.25, 0.3) is 11.8 Å². The maximum atomic E-state index is 15.2. The Balaban J connectivity index is 1.44. The molecule has 7 rings (SSSR count). The van der Waals surface area contributed by atoms with Gasteiger partial charge in [-0.2, -0.15) is 0 Å². The standard InChI is InChI=1S/C34H22Cl3F5N2O6/c1-2-50-20-11-13(3-10-19(20)45)22-16-8-9-17-21(30(47)43(29(17)46)15-6-4-14(35)5-7-15)18(16)12-33(36)31(48)44(32(49)34(22,33)37)28-26(41)24(39)23(38)25(40)27(28)42/h3-8,10-11,17-18,21-22,45H,2,9,12H2,1H3/t17-,18+,21-,22-,33+,34-/m0/s1. The van der Waals surface area contributed by atoms with Crippen LogP contribution in [0.25, 0.3) is 0 Å². The molecule has 0 bridgehead atoms. The fourth-order valence-electron chi connectivity index (χ4n) is 7.77. The van der Waals surface area contributed by atoms with Gasteiger partial charge in [0, 0.05) is 10.9 Å². The van der Waals surface area contributed by atoms with Crippen LogP contribution in [0.5, 0.6) is 11.5 Å². The summed E-state index contributed by atoms with van der Waals surface area (Å²) in [6.07, 6.45) is 0.880. The number of anilines is 2. The Kier molecular flexibility index (Phi) is 8.00. The number of phenolic OH excluding ortho intramolecular Hbond substituents is 1. The number of fused-ring (bicyclic) bond motifs is 4. The number of amides is 4. The highest BCUT2D eigenvalue weighted by atomic mass is 35.5. The first-order valence-electron chi connectivity index (χ1n) is 15.2. The van der Waals surface area contributed by atoms with Crippen molar-refractivity contribution < 1.29 is 51.0 Å². The van der Waals surface area contributed by atoms with E-state index in [9.17, 15) is 37.5 Å². The van der Waals surface area contributed by atoms with Crippen molar-refractivity contribution >= 4 is 69.8 Å². The Morgan fingerprint density at radius 2 is 1.46 bits per heavy atom. The number of imide groups is 2. The van der Waals surface area contributed by atoms with Gasteiger partial charge < -0.3 is 9.84 Å². The number of carbonyl (C=O) groups is 4. The van der Waals surface area contributed by atoms with Crippen LogP contribution in [0.15, 0.2) is 54.1 Å². The van der Waals surface area contributed by atoms with Crippen molar-refractivity contribution in [3.63, 3.8) is 0 Å². The molecular weight excluding hydrogens is 734 g/mol. The van der Waals surface area contributed by atoms with Crippen LogP contribution in [-0.4, -0.2) is 45.1 Å². The predicted molar refractivity (Wildman–Crippen MR) is 170 cm³/mol. The van der Waals surface area contributed by atoms with Gasteiger partial charge in [-0.25, -0.2) is 26.9 Å². The number of allylic oxidation sites excluding steroid dienone is 2.